The Bertz CT molecular complexity index is 734. The van der Waals surface area contributed by atoms with Gasteiger partial charge in [0.15, 0.2) is 5.16 Å². The molecule has 1 aromatic carbocycles. The van der Waals surface area contributed by atoms with Crippen molar-refractivity contribution in [3.05, 3.63) is 35.7 Å². The number of carbonyl (C=O) groups is 1. The van der Waals surface area contributed by atoms with Crippen LogP contribution < -0.4 is 0 Å². The number of amides is 1. The average Bonchev–Trinajstić information content (AvgIpc) is 2.93. The van der Waals surface area contributed by atoms with Crippen LogP contribution in [0.2, 0.25) is 0 Å². The minimum Gasteiger partial charge on any atom is -0.372 e. The molecule has 2 aromatic rings. The first-order valence-corrected chi connectivity index (χ1v) is 9.47. The van der Waals surface area contributed by atoms with Crippen molar-refractivity contribution in [2.24, 2.45) is 0 Å². The van der Waals surface area contributed by atoms with E-state index in [2.05, 4.69) is 29.3 Å². The Labute approximate surface area is 152 Å². The quantitative estimate of drug-likeness (QED) is 0.785. The molecule has 3 rings (SSSR count). The van der Waals surface area contributed by atoms with E-state index in [-0.39, 0.29) is 18.1 Å². The lowest BCUT2D eigenvalue weighted by Crippen LogP contribution is -2.48. The fourth-order valence-corrected chi connectivity index (χ4v) is 3.93. The second-order valence-corrected chi connectivity index (χ2v) is 7.49. The van der Waals surface area contributed by atoms with Crippen LogP contribution in [0.1, 0.15) is 25.2 Å². The zero-order valence-electron chi connectivity index (χ0n) is 15.1. The van der Waals surface area contributed by atoms with Crippen molar-refractivity contribution in [2.45, 2.75) is 45.1 Å². The number of ether oxygens (including phenoxy) is 1. The number of hydrogen-bond donors (Lipinski definition) is 0. The molecule has 0 saturated carbocycles. The number of nitrogens with zero attached hydrogens (tertiary/aromatic N) is 4. The fraction of sp³-hybridized carbons (Fsp3) is 0.500. The molecular weight excluding hydrogens is 336 g/mol. The van der Waals surface area contributed by atoms with Crippen molar-refractivity contribution < 1.29 is 9.53 Å². The Balaban J connectivity index is 1.70. The summed E-state index contributed by atoms with van der Waals surface area (Å²) in [5.41, 5.74) is 2.21. The summed E-state index contributed by atoms with van der Waals surface area (Å²) in [6.07, 6.45) is 0.160. The Kier molecular flexibility index (Phi) is 5.44. The number of morpholine rings is 1. The van der Waals surface area contributed by atoms with E-state index in [9.17, 15) is 4.79 Å². The molecule has 7 heteroatoms. The number of benzene rings is 1. The first kappa shape index (κ1) is 17.9. The minimum atomic E-state index is 0.0798. The van der Waals surface area contributed by atoms with Gasteiger partial charge in [-0.1, -0.05) is 29.5 Å². The van der Waals surface area contributed by atoms with Gasteiger partial charge in [0.25, 0.3) is 0 Å². The summed E-state index contributed by atoms with van der Waals surface area (Å²) in [5.74, 6) is 1.28. The van der Waals surface area contributed by atoms with Gasteiger partial charge < -0.3 is 9.64 Å². The monoisotopic (exact) mass is 360 g/mol. The summed E-state index contributed by atoms with van der Waals surface area (Å²) >= 11 is 1.43. The van der Waals surface area contributed by atoms with E-state index in [1.807, 2.05) is 42.4 Å². The van der Waals surface area contributed by atoms with E-state index in [0.717, 1.165) is 16.7 Å². The molecule has 1 aromatic heterocycles. The third-order valence-electron chi connectivity index (χ3n) is 4.18. The van der Waals surface area contributed by atoms with Crippen LogP contribution in [-0.4, -0.2) is 56.6 Å². The molecule has 0 N–H and O–H groups in total. The molecule has 0 bridgehead atoms. The second kappa shape index (κ2) is 7.58. The Morgan fingerprint density at radius 2 is 1.80 bits per heavy atom. The van der Waals surface area contributed by atoms with Gasteiger partial charge in [-0.15, -0.1) is 10.2 Å². The summed E-state index contributed by atoms with van der Waals surface area (Å²) < 4.78 is 7.68. The van der Waals surface area contributed by atoms with E-state index in [1.165, 1.54) is 17.3 Å². The van der Waals surface area contributed by atoms with Crippen LogP contribution >= 0.6 is 11.8 Å². The normalized spacial score (nSPS) is 20.7. The van der Waals surface area contributed by atoms with Gasteiger partial charge in [-0.3, -0.25) is 9.36 Å². The maximum atomic E-state index is 12.6. The fourth-order valence-electron chi connectivity index (χ4n) is 3.03. The van der Waals surface area contributed by atoms with Crippen LogP contribution in [0.3, 0.4) is 0 Å². The molecule has 1 fully saturated rings. The zero-order valence-corrected chi connectivity index (χ0v) is 15.9. The van der Waals surface area contributed by atoms with Gasteiger partial charge >= 0.3 is 0 Å². The van der Waals surface area contributed by atoms with Crippen LogP contribution in [0, 0.1) is 13.8 Å². The van der Waals surface area contributed by atoms with Gasteiger partial charge in [0.2, 0.25) is 5.91 Å². The molecule has 0 radical (unpaired) electrons. The lowest BCUT2D eigenvalue weighted by molar-refractivity contribution is -0.140. The van der Waals surface area contributed by atoms with Crippen molar-refractivity contribution >= 4 is 17.7 Å². The molecule has 0 unspecified atom stereocenters. The van der Waals surface area contributed by atoms with Crippen molar-refractivity contribution in [3.8, 4) is 5.69 Å². The van der Waals surface area contributed by atoms with Crippen molar-refractivity contribution in [2.75, 3.05) is 18.8 Å². The van der Waals surface area contributed by atoms with E-state index in [4.69, 9.17) is 4.74 Å². The smallest absolute Gasteiger partial charge is 0.233 e. The SMILES string of the molecule is Cc1ccc(-n2c(C)nnc2SCC(=O)N2C[C@@H](C)O[C@H](C)C2)cc1. The van der Waals surface area contributed by atoms with Crippen molar-refractivity contribution in [3.63, 3.8) is 0 Å². The average molecular weight is 360 g/mol. The number of carbonyl (C=O) groups excluding carboxylic acids is 1. The molecule has 6 nitrogen and oxygen atoms in total. The number of hydrogen-bond acceptors (Lipinski definition) is 5. The number of thioether (sulfide) groups is 1. The molecular formula is C18H24N4O2S. The third kappa shape index (κ3) is 4.22. The lowest BCUT2D eigenvalue weighted by Gasteiger charge is -2.35. The van der Waals surface area contributed by atoms with Crippen molar-refractivity contribution in [1.29, 1.82) is 0 Å². The highest BCUT2D eigenvalue weighted by Gasteiger charge is 2.26. The summed E-state index contributed by atoms with van der Waals surface area (Å²) in [4.78, 5) is 14.4. The van der Waals surface area contributed by atoms with Gasteiger partial charge in [-0.2, -0.15) is 0 Å². The van der Waals surface area contributed by atoms with E-state index < -0.39 is 0 Å². The highest BCUT2D eigenvalue weighted by Crippen LogP contribution is 2.23. The van der Waals surface area contributed by atoms with Crippen LogP contribution in [0.25, 0.3) is 5.69 Å². The van der Waals surface area contributed by atoms with Gasteiger partial charge in [0.1, 0.15) is 5.82 Å². The first-order valence-electron chi connectivity index (χ1n) is 8.49. The summed E-state index contributed by atoms with van der Waals surface area (Å²) in [7, 11) is 0. The van der Waals surface area contributed by atoms with E-state index in [0.29, 0.717) is 18.8 Å². The molecule has 25 heavy (non-hydrogen) atoms. The highest BCUT2D eigenvalue weighted by molar-refractivity contribution is 7.99. The third-order valence-corrected chi connectivity index (χ3v) is 5.10. The summed E-state index contributed by atoms with van der Waals surface area (Å²) in [6, 6.07) is 8.21. The Morgan fingerprint density at radius 3 is 2.44 bits per heavy atom. The summed E-state index contributed by atoms with van der Waals surface area (Å²) in [6.45, 7) is 9.27. The molecule has 134 valence electrons. The molecule has 0 spiro atoms. The molecule has 1 amide bonds. The van der Waals surface area contributed by atoms with Crippen LogP contribution in [0.4, 0.5) is 0 Å². The maximum absolute atomic E-state index is 12.6. The maximum Gasteiger partial charge on any atom is 0.233 e. The lowest BCUT2D eigenvalue weighted by atomic mass is 10.2. The number of aryl methyl sites for hydroxylation is 2. The predicted molar refractivity (Wildman–Crippen MR) is 98.1 cm³/mol. The number of aromatic nitrogens is 3. The van der Waals surface area contributed by atoms with Crippen molar-refractivity contribution in [1.82, 2.24) is 19.7 Å². The Morgan fingerprint density at radius 1 is 1.16 bits per heavy atom. The Hall–Kier alpha value is -1.86. The van der Waals surface area contributed by atoms with Gasteiger partial charge in [-0.25, -0.2) is 0 Å². The molecule has 1 saturated heterocycles. The zero-order chi connectivity index (χ0) is 18.0. The first-order chi connectivity index (χ1) is 11.9. The largest absolute Gasteiger partial charge is 0.372 e. The molecule has 2 atom stereocenters. The van der Waals surface area contributed by atoms with E-state index >= 15 is 0 Å². The minimum absolute atomic E-state index is 0.0798. The molecule has 1 aliphatic heterocycles. The van der Waals surface area contributed by atoms with Crippen LogP contribution in [0.15, 0.2) is 29.4 Å². The topological polar surface area (TPSA) is 60.2 Å². The van der Waals surface area contributed by atoms with E-state index in [1.54, 1.807) is 0 Å². The number of rotatable bonds is 4. The van der Waals surface area contributed by atoms with Crippen LogP contribution in [0.5, 0.6) is 0 Å². The van der Waals surface area contributed by atoms with Gasteiger partial charge in [0, 0.05) is 18.8 Å². The summed E-state index contributed by atoms with van der Waals surface area (Å²) in [5, 5.41) is 9.16. The van der Waals surface area contributed by atoms with Crippen LogP contribution in [-0.2, 0) is 9.53 Å². The van der Waals surface area contributed by atoms with Gasteiger partial charge in [0.05, 0.1) is 18.0 Å². The molecule has 2 heterocycles. The predicted octanol–water partition coefficient (Wildman–Crippen LogP) is 2.61. The van der Waals surface area contributed by atoms with Gasteiger partial charge in [-0.05, 0) is 39.8 Å². The second-order valence-electron chi connectivity index (χ2n) is 6.55. The highest BCUT2D eigenvalue weighted by atomic mass is 32.2. The molecule has 1 aliphatic rings. The molecule has 0 aliphatic carbocycles. The standard InChI is InChI=1S/C18H24N4O2S/c1-12-5-7-16(8-6-12)22-15(4)19-20-18(22)25-11-17(23)21-9-13(2)24-14(3)10-21/h5-8,13-14H,9-11H2,1-4H3/t13-,14-/m1/s1.